The summed E-state index contributed by atoms with van der Waals surface area (Å²) in [6.45, 7) is 0. The lowest BCUT2D eigenvalue weighted by Crippen LogP contribution is -2.06. The van der Waals surface area contributed by atoms with Gasteiger partial charge in [0.25, 0.3) is 0 Å². The maximum Gasteiger partial charge on any atom is 0.417 e. The topological polar surface area (TPSA) is 53.8 Å². The zero-order chi connectivity index (χ0) is 14.6. The molecule has 0 radical (unpaired) electrons. The van der Waals surface area contributed by atoms with Crippen molar-refractivity contribution in [1.29, 1.82) is 5.26 Å². The molecule has 0 aromatic carbocycles. The van der Waals surface area contributed by atoms with Crippen LogP contribution in [0.3, 0.4) is 0 Å². The van der Waals surface area contributed by atoms with Gasteiger partial charge in [0.1, 0.15) is 11.2 Å². The number of nitriles is 1. The van der Waals surface area contributed by atoms with E-state index in [4.69, 9.17) is 16.9 Å². The zero-order valence-electron chi connectivity index (χ0n) is 8.05. The smallest absolute Gasteiger partial charge is 0.271 e. The molecule has 0 spiro atoms. The molecule has 0 saturated heterocycles. The van der Waals surface area contributed by atoms with Gasteiger partial charge in [-0.3, -0.25) is 4.57 Å². The van der Waals surface area contributed by atoms with Crippen LogP contribution in [-0.4, -0.2) is 4.98 Å². The number of aromatic nitrogens is 1. The average Bonchev–Trinajstić information content (AvgIpc) is 2.14. The van der Waals surface area contributed by atoms with Crippen molar-refractivity contribution in [3.63, 3.8) is 0 Å². The van der Waals surface area contributed by atoms with Crippen LogP contribution in [0.1, 0.15) is 11.1 Å². The molecule has 0 amide bonds. The lowest BCUT2D eigenvalue weighted by molar-refractivity contribution is -0.137. The molecule has 11 heteroatoms. The molecule has 0 aliphatic heterocycles. The second kappa shape index (κ2) is 6.83. The fourth-order valence-corrected chi connectivity index (χ4v) is 0.827. The van der Waals surface area contributed by atoms with E-state index in [9.17, 15) is 17.7 Å². The molecule has 1 heterocycles. The second-order valence-corrected chi connectivity index (χ2v) is 9.57. The van der Waals surface area contributed by atoms with Crippen molar-refractivity contribution in [3.8, 4) is 6.07 Å². The van der Waals surface area contributed by atoms with Crippen molar-refractivity contribution >= 4 is 50.5 Å². The monoisotopic (exact) mass is 358 g/mol. The highest BCUT2D eigenvalue weighted by molar-refractivity contribution is 8.24. The van der Waals surface area contributed by atoms with Crippen LogP contribution in [0.5, 0.6) is 0 Å². The van der Waals surface area contributed by atoms with Gasteiger partial charge in [-0.1, -0.05) is 11.6 Å². The molecular formula is C7H2Cl4F3N2OP. The van der Waals surface area contributed by atoms with Gasteiger partial charge in [-0.05, 0) is 39.8 Å². The van der Waals surface area contributed by atoms with Crippen LogP contribution in [0.4, 0.5) is 13.2 Å². The number of nitrogens with zero attached hydrogens (tertiary/aromatic N) is 2. The molecule has 0 aliphatic carbocycles. The number of halogens is 7. The average molecular weight is 360 g/mol. The van der Waals surface area contributed by atoms with Crippen LogP contribution >= 0.6 is 50.5 Å². The van der Waals surface area contributed by atoms with E-state index >= 15 is 0 Å². The van der Waals surface area contributed by atoms with Crippen molar-refractivity contribution < 1.29 is 17.7 Å². The van der Waals surface area contributed by atoms with E-state index in [1.165, 1.54) is 6.07 Å². The molecule has 100 valence electrons. The van der Waals surface area contributed by atoms with E-state index in [2.05, 4.69) is 38.7 Å². The summed E-state index contributed by atoms with van der Waals surface area (Å²) in [5.41, 5.74) is -1.26. The summed E-state index contributed by atoms with van der Waals surface area (Å²) in [6, 6.07) is 2.18. The van der Waals surface area contributed by atoms with E-state index in [1.807, 2.05) is 0 Å². The van der Waals surface area contributed by atoms with Crippen LogP contribution in [0.25, 0.3) is 0 Å². The molecule has 1 aromatic heterocycles. The molecule has 0 unspecified atom stereocenters. The van der Waals surface area contributed by atoms with Gasteiger partial charge >= 0.3 is 11.4 Å². The van der Waals surface area contributed by atoms with Crippen LogP contribution in [-0.2, 0) is 10.7 Å². The highest BCUT2D eigenvalue weighted by Crippen LogP contribution is 2.61. The Hall–Kier alpha value is -0.180. The first-order chi connectivity index (χ1) is 7.95. The zero-order valence-corrected chi connectivity index (χ0v) is 12.0. The third-order valence-electron chi connectivity index (χ3n) is 1.29. The fraction of sp³-hybridized carbons (Fsp3) is 0.143. The molecule has 1 rings (SSSR count). The van der Waals surface area contributed by atoms with E-state index < -0.39 is 16.9 Å². The Balaban J connectivity index is 0.000000494. The SMILES string of the molecule is N#Cc1cc(C(F)(F)F)cnc1Cl.O=P(Cl)(Cl)Cl. The second-order valence-electron chi connectivity index (χ2n) is 2.57. The molecular weight excluding hydrogens is 358 g/mol. The van der Waals surface area contributed by atoms with Crippen LogP contribution < -0.4 is 0 Å². The normalized spacial score (nSPS) is 11.2. The molecule has 0 fully saturated rings. The molecule has 0 N–H and O–H groups in total. The Kier molecular flexibility index (Phi) is 6.77. The lowest BCUT2D eigenvalue weighted by atomic mass is 10.2. The number of hydrogen-bond donors (Lipinski definition) is 0. The van der Waals surface area contributed by atoms with Gasteiger partial charge in [-0.15, -0.1) is 0 Å². The molecule has 0 aliphatic rings. The van der Waals surface area contributed by atoms with Gasteiger partial charge in [0.05, 0.1) is 11.1 Å². The van der Waals surface area contributed by atoms with E-state index in [-0.39, 0.29) is 10.7 Å². The van der Waals surface area contributed by atoms with Crippen molar-refractivity contribution in [3.05, 3.63) is 28.5 Å². The number of pyridine rings is 1. The Labute approximate surface area is 119 Å². The predicted molar refractivity (Wildman–Crippen MR) is 64.1 cm³/mol. The summed E-state index contributed by atoms with van der Waals surface area (Å²) < 4.78 is 45.6. The maximum atomic E-state index is 12.0. The van der Waals surface area contributed by atoms with Gasteiger partial charge < -0.3 is 0 Å². The van der Waals surface area contributed by atoms with Gasteiger partial charge in [-0.25, -0.2) is 4.98 Å². The van der Waals surface area contributed by atoms with Crippen LogP contribution in [0.2, 0.25) is 5.15 Å². The molecule has 0 saturated carbocycles. The van der Waals surface area contributed by atoms with Crippen molar-refractivity contribution in [2.45, 2.75) is 6.18 Å². The summed E-state index contributed by atoms with van der Waals surface area (Å²) in [5, 5.41) is 4.92. The van der Waals surface area contributed by atoms with Crippen molar-refractivity contribution in [1.82, 2.24) is 4.98 Å². The van der Waals surface area contributed by atoms with Crippen molar-refractivity contribution in [2.24, 2.45) is 0 Å². The van der Waals surface area contributed by atoms with Gasteiger partial charge in [0.2, 0.25) is 0 Å². The lowest BCUT2D eigenvalue weighted by Gasteiger charge is -2.05. The van der Waals surface area contributed by atoms with Crippen LogP contribution in [0.15, 0.2) is 12.3 Å². The number of rotatable bonds is 0. The molecule has 0 atom stereocenters. The molecule has 3 nitrogen and oxygen atoms in total. The van der Waals surface area contributed by atoms with Gasteiger partial charge in [0.15, 0.2) is 0 Å². The molecule has 0 bridgehead atoms. The largest absolute Gasteiger partial charge is 0.417 e. The van der Waals surface area contributed by atoms with Crippen LogP contribution in [0, 0.1) is 11.3 Å². The first-order valence-corrected chi connectivity index (χ1v) is 8.57. The highest BCUT2D eigenvalue weighted by atomic mass is 36.0. The standard InChI is InChI=1S/C7H2ClF3N2.Cl3OP/c8-6-4(2-12)1-5(3-13-6)7(9,10)11;1-5(2,3)4/h1,3H;. The third-order valence-corrected chi connectivity index (χ3v) is 1.59. The predicted octanol–water partition coefficient (Wildman–Crippen LogP) is 5.44. The Morgan fingerprint density at radius 1 is 1.33 bits per heavy atom. The van der Waals surface area contributed by atoms with Gasteiger partial charge in [-0.2, -0.15) is 18.4 Å². The Morgan fingerprint density at radius 2 is 1.78 bits per heavy atom. The summed E-state index contributed by atoms with van der Waals surface area (Å²) >= 11 is 19.2. The molecule has 1 aromatic rings. The third kappa shape index (κ3) is 8.02. The van der Waals surface area contributed by atoms with E-state index in [0.717, 1.165) is 0 Å². The summed E-state index contributed by atoms with van der Waals surface area (Å²) in [6.07, 6.45) is -3.91. The van der Waals surface area contributed by atoms with E-state index in [1.54, 1.807) is 0 Å². The minimum Gasteiger partial charge on any atom is -0.271 e. The maximum absolute atomic E-state index is 12.0. The first kappa shape index (κ1) is 17.8. The Morgan fingerprint density at radius 3 is 2.11 bits per heavy atom. The molecule has 18 heavy (non-hydrogen) atoms. The first-order valence-electron chi connectivity index (χ1n) is 3.77. The minimum absolute atomic E-state index is 0.226. The number of hydrogen-bond acceptors (Lipinski definition) is 3. The number of alkyl halides is 3. The highest BCUT2D eigenvalue weighted by Gasteiger charge is 2.31. The van der Waals surface area contributed by atoms with Gasteiger partial charge in [0, 0.05) is 6.20 Å². The summed E-state index contributed by atoms with van der Waals surface area (Å²) in [4.78, 5) is 3.24. The quantitative estimate of drug-likeness (QED) is 0.458. The van der Waals surface area contributed by atoms with Crippen molar-refractivity contribution in [2.75, 3.05) is 0 Å². The minimum atomic E-state index is -4.50. The summed E-state index contributed by atoms with van der Waals surface area (Å²) in [7, 11) is 0. The fourth-order valence-electron chi connectivity index (χ4n) is 0.682. The Bertz CT molecular complexity index is 502. The summed E-state index contributed by atoms with van der Waals surface area (Å²) in [5.74, 6) is 0. The van der Waals surface area contributed by atoms with E-state index in [0.29, 0.717) is 12.3 Å².